The smallest absolute Gasteiger partial charge is 0.191 e. The quantitative estimate of drug-likeness (QED) is 0.523. The monoisotopic (exact) mass is 500 g/mol. The fraction of sp³-hybridized carbons (Fsp3) is 1.00. The molecular formula is C4H12OSi2W2. The Labute approximate surface area is 89.9 Å². The second kappa shape index (κ2) is 9.77. The maximum absolute atomic E-state index is 5.45. The van der Waals surface area contributed by atoms with Gasteiger partial charge in [-0.3, -0.25) is 0 Å². The molecule has 5 heteroatoms. The van der Waals surface area contributed by atoms with E-state index in [-0.39, 0.29) is 60.2 Å². The van der Waals surface area contributed by atoms with Crippen molar-refractivity contribution in [1.29, 1.82) is 0 Å². The molecule has 0 unspecified atom stereocenters. The van der Waals surface area contributed by atoms with Crippen molar-refractivity contribution in [3.8, 4) is 0 Å². The molecule has 0 aliphatic carbocycles. The van der Waals surface area contributed by atoms with Crippen LogP contribution in [-0.4, -0.2) is 18.1 Å². The molecule has 0 aromatic heterocycles. The van der Waals surface area contributed by atoms with Gasteiger partial charge in [0.2, 0.25) is 0 Å². The Kier molecular flexibility index (Phi) is 18.5. The molecule has 0 bridgehead atoms. The Morgan fingerprint density at radius 2 is 1.00 bits per heavy atom. The third-order valence-corrected chi connectivity index (χ3v) is 3.67. The third-order valence-electron chi connectivity index (χ3n) is 0.408. The predicted molar refractivity (Wildman–Crippen MR) is 36.0 cm³/mol. The average Bonchev–Trinajstić information content (AvgIpc) is 1.27. The van der Waals surface area contributed by atoms with Gasteiger partial charge in [0.25, 0.3) is 0 Å². The fourth-order valence-corrected chi connectivity index (χ4v) is 3.67. The summed E-state index contributed by atoms with van der Waals surface area (Å²) >= 11 is 0. The van der Waals surface area contributed by atoms with Gasteiger partial charge in [0.05, 0.1) is 0 Å². The van der Waals surface area contributed by atoms with Gasteiger partial charge in [0, 0.05) is 42.1 Å². The van der Waals surface area contributed by atoms with E-state index in [2.05, 4.69) is 26.2 Å². The minimum atomic E-state index is -0.389. The molecule has 1 nitrogen and oxygen atoms in total. The zero-order valence-electron chi connectivity index (χ0n) is 6.22. The molecule has 0 rings (SSSR count). The Bertz CT molecular complexity index is 45.8. The van der Waals surface area contributed by atoms with Crippen LogP contribution >= 0.6 is 0 Å². The van der Waals surface area contributed by atoms with Gasteiger partial charge in [-0.1, -0.05) is 0 Å². The van der Waals surface area contributed by atoms with Crippen molar-refractivity contribution in [3.63, 3.8) is 0 Å². The summed E-state index contributed by atoms with van der Waals surface area (Å²) in [5.41, 5.74) is 0. The van der Waals surface area contributed by atoms with Crippen molar-refractivity contribution in [2.75, 3.05) is 0 Å². The number of hydrogen-bond donors (Lipinski definition) is 0. The molecule has 0 heterocycles. The number of rotatable bonds is 2. The first-order valence-corrected chi connectivity index (χ1v) is 7.22. The van der Waals surface area contributed by atoms with Crippen molar-refractivity contribution in [1.82, 2.24) is 0 Å². The van der Waals surface area contributed by atoms with Crippen molar-refractivity contribution < 1.29 is 46.2 Å². The zero-order valence-corrected chi connectivity index (χ0v) is 14.1. The fourth-order valence-electron chi connectivity index (χ4n) is 0.408. The zero-order chi connectivity index (χ0) is 5.86. The summed E-state index contributed by atoms with van der Waals surface area (Å²) in [5.74, 6) is 0. The molecule has 0 saturated heterocycles. The van der Waals surface area contributed by atoms with Crippen molar-refractivity contribution in [2.24, 2.45) is 0 Å². The van der Waals surface area contributed by atoms with Crippen LogP contribution in [0.25, 0.3) is 0 Å². The van der Waals surface area contributed by atoms with Gasteiger partial charge < -0.3 is 4.12 Å². The van der Waals surface area contributed by atoms with Gasteiger partial charge in [0.15, 0.2) is 18.1 Å². The van der Waals surface area contributed by atoms with E-state index in [0.717, 1.165) is 0 Å². The van der Waals surface area contributed by atoms with Crippen LogP contribution in [0.5, 0.6) is 0 Å². The van der Waals surface area contributed by atoms with E-state index in [1.54, 1.807) is 0 Å². The minimum Gasteiger partial charge on any atom is -0.456 e. The first kappa shape index (κ1) is 17.0. The maximum atomic E-state index is 5.45. The predicted octanol–water partition coefficient (Wildman–Crippen LogP) is 1.50. The second-order valence-corrected chi connectivity index (χ2v) is 6.37. The SMILES string of the molecule is C[Si](C)O[Si](C)C.[W].[W]. The molecule has 0 fully saturated rings. The van der Waals surface area contributed by atoms with Gasteiger partial charge in [-0.15, -0.1) is 0 Å². The van der Waals surface area contributed by atoms with Gasteiger partial charge in [-0.25, -0.2) is 0 Å². The van der Waals surface area contributed by atoms with Crippen LogP contribution in [0.4, 0.5) is 0 Å². The van der Waals surface area contributed by atoms with Gasteiger partial charge in [0.1, 0.15) is 0 Å². The van der Waals surface area contributed by atoms with Crippen molar-refractivity contribution in [3.05, 3.63) is 0 Å². The molecule has 0 saturated carbocycles. The molecule has 0 aromatic carbocycles. The molecule has 2 radical (unpaired) electrons. The minimum absolute atomic E-state index is 0. The molecule has 0 spiro atoms. The average molecular weight is 500 g/mol. The van der Waals surface area contributed by atoms with Crippen LogP contribution in [0.3, 0.4) is 0 Å². The first-order valence-electron chi connectivity index (χ1n) is 2.41. The molecule has 0 aliphatic heterocycles. The topological polar surface area (TPSA) is 9.23 Å². The largest absolute Gasteiger partial charge is 0.456 e. The summed E-state index contributed by atoms with van der Waals surface area (Å²) in [6.07, 6.45) is 0. The summed E-state index contributed by atoms with van der Waals surface area (Å²) in [6, 6.07) is 0. The normalized spacial score (nSPS) is 8.67. The summed E-state index contributed by atoms with van der Waals surface area (Å²) < 4.78 is 5.45. The Morgan fingerprint density at radius 1 is 0.778 bits per heavy atom. The molecule has 0 amide bonds. The molecule has 54 valence electrons. The second-order valence-electron chi connectivity index (χ2n) is 1.92. The molecule has 0 aromatic rings. The first-order chi connectivity index (χ1) is 3.13. The van der Waals surface area contributed by atoms with Crippen LogP contribution < -0.4 is 0 Å². The van der Waals surface area contributed by atoms with Crippen molar-refractivity contribution >= 4 is 18.1 Å². The Morgan fingerprint density at radius 3 is 1.00 bits per heavy atom. The summed E-state index contributed by atoms with van der Waals surface area (Å²) in [4.78, 5) is 0. The van der Waals surface area contributed by atoms with E-state index in [1.807, 2.05) is 0 Å². The van der Waals surface area contributed by atoms with E-state index in [9.17, 15) is 0 Å². The third kappa shape index (κ3) is 17.7. The van der Waals surface area contributed by atoms with E-state index < -0.39 is 0 Å². The van der Waals surface area contributed by atoms with Gasteiger partial charge >= 0.3 is 0 Å². The molecule has 0 atom stereocenters. The van der Waals surface area contributed by atoms with Crippen LogP contribution in [0.1, 0.15) is 0 Å². The Balaban J connectivity index is -0.000000180. The number of hydrogen-bond acceptors (Lipinski definition) is 1. The standard InChI is InChI=1S/C4H12OSi2.2W/c1-6(2)5-7(3)4;;/h1-4H3;;. The van der Waals surface area contributed by atoms with E-state index in [4.69, 9.17) is 4.12 Å². The summed E-state index contributed by atoms with van der Waals surface area (Å²) in [5, 5.41) is 0. The van der Waals surface area contributed by atoms with E-state index in [1.165, 1.54) is 0 Å². The Hall–Kier alpha value is 1.77. The molecular weight excluding hydrogens is 488 g/mol. The van der Waals surface area contributed by atoms with Gasteiger partial charge in [-0.2, -0.15) is 0 Å². The summed E-state index contributed by atoms with van der Waals surface area (Å²) in [6.45, 7) is 8.68. The van der Waals surface area contributed by atoms with E-state index >= 15 is 0 Å². The molecule has 0 aliphatic rings. The maximum Gasteiger partial charge on any atom is 0.191 e. The van der Waals surface area contributed by atoms with Crippen molar-refractivity contribution in [2.45, 2.75) is 26.2 Å². The van der Waals surface area contributed by atoms with Gasteiger partial charge in [-0.05, 0) is 26.2 Å². The van der Waals surface area contributed by atoms with Crippen LogP contribution in [-0.2, 0) is 46.2 Å². The van der Waals surface area contributed by atoms with Crippen LogP contribution in [0, 0.1) is 0 Å². The van der Waals surface area contributed by atoms with Crippen LogP contribution in [0.2, 0.25) is 26.2 Å². The summed E-state index contributed by atoms with van der Waals surface area (Å²) in [7, 11) is -0.778. The van der Waals surface area contributed by atoms with Crippen LogP contribution in [0.15, 0.2) is 0 Å². The van der Waals surface area contributed by atoms with E-state index in [0.29, 0.717) is 0 Å². The molecule has 0 N–H and O–H groups in total. The molecule has 9 heavy (non-hydrogen) atoms.